The lowest BCUT2D eigenvalue weighted by molar-refractivity contribution is -0.137. The summed E-state index contributed by atoms with van der Waals surface area (Å²) in [7, 11) is 0. The number of halogens is 1. The van der Waals surface area contributed by atoms with Crippen LogP contribution in [0.15, 0.2) is 16.7 Å². The highest BCUT2D eigenvalue weighted by molar-refractivity contribution is 6.32. The molecule has 0 aliphatic heterocycles. The Kier molecular flexibility index (Phi) is 5.71. The molecule has 2 N–H and O–H groups in total. The Hall–Kier alpha value is -1.49. The highest BCUT2D eigenvalue weighted by atomic mass is 35.5. The van der Waals surface area contributed by atoms with Crippen LogP contribution in [0.25, 0.3) is 0 Å². The first-order chi connectivity index (χ1) is 8.50. The van der Waals surface area contributed by atoms with E-state index >= 15 is 0 Å². The molecular weight excluding hydrogens is 258 g/mol. The molecule has 1 unspecified atom stereocenters. The fourth-order valence-electron chi connectivity index (χ4n) is 1.50. The first-order valence-electron chi connectivity index (χ1n) is 5.73. The van der Waals surface area contributed by atoms with Gasteiger partial charge in [-0.2, -0.15) is 0 Å². The quantitative estimate of drug-likeness (QED) is 0.800. The maximum absolute atomic E-state index is 11.6. The van der Waals surface area contributed by atoms with Crippen molar-refractivity contribution < 1.29 is 19.1 Å². The van der Waals surface area contributed by atoms with Crippen molar-refractivity contribution in [1.29, 1.82) is 0 Å². The second-order valence-corrected chi connectivity index (χ2v) is 4.53. The zero-order valence-corrected chi connectivity index (χ0v) is 10.9. The smallest absolute Gasteiger partial charge is 0.303 e. The van der Waals surface area contributed by atoms with Crippen molar-refractivity contribution in [2.75, 3.05) is 6.54 Å². The van der Waals surface area contributed by atoms with E-state index in [0.29, 0.717) is 18.5 Å². The van der Waals surface area contributed by atoms with Gasteiger partial charge in [-0.1, -0.05) is 6.92 Å². The molecule has 0 spiro atoms. The summed E-state index contributed by atoms with van der Waals surface area (Å²) >= 11 is 5.67. The lowest BCUT2D eigenvalue weighted by Gasteiger charge is -2.10. The zero-order valence-electron chi connectivity index (χ0n) is 10.1. The van der Waals surface area contributed by atoms with Crippen molar-refractivity contribution in [3.8, 4) is 0 Å². The van der Waals surface area contributed by atoms with Gasteiger partial charge in [-0.3, -0.25) is 9.59 Å². The molecule has 0 fully saturated rings. The van der Waals surface area contributed by atoms with Crippen LogP contribution in [-0.2, 0) is 4.79 Å². The summed E-state index contributed by atoms with van der Waals surface area (Å²) in [5.74, 6) is -0.823. The minimum Gasteiger partial charge on any atom is -0.481 e. The first-order valence-corrected chi connectivity index (χ1v) is 6.11. The van der Waals surface area contributed by atoms with Crippen molar-refractivity contribution in [2.45, 2.75) is 26.2 Å². The van der Waals surface area contributed by atoms with Crippen LogP contribution >= 0.6 is 11.6 Å². The van der Waals surface area contributed by atoms with Gasteiger partial charge in [0.2, 0.25) is 5.22 Å². The van der Waals surface area contributed by atoms with Crippen LogP contribution in [0.4, 0.5) is 0 Å². The molecule has 0 saturated heterocycles. The number of carbonyl (C=O) groups is 2. The predicted octanol–water partition coefficient (Wildman–Crippen LogP) is 2.55. The third kappa shape index (κ3) is 4.79. The molecule has 0 aliphatic carbocycles. The number of furan rings is 1. The SMILES string of the molecule is CC(CCNC(=O)c1ccoc1Cl)CCC(=O)O. The van der Waals surface area contributed by atoms with Gasteiger partial charge in [0.05, 0.1) is 11.8 Å². The highest BCUT2D eigenvalue weighted by Gasteiger charge is 2.12. The second-order valence-electron chi connectivity index (χ2n) is 4.19. The van der Waals surface area contributed by atoms with Gasteiger partial charge in [0.25, 0.3) is 5.91 Å². The minimum atomic E-state index is -0.795. The van der Waals surface area contributed by atoms with E-state index in [9.17, 15) is 9.59 Å². The Bertz CT molecular complexity index is 416. The second kappa shape index (κ2) is 7.06. The molecule has 1 heterocycles. The van der Waals surface area contributed by atoms with Gasteiger partial charge < -0.3 is 14.8 Å². The molecule has 1 aromatic heterocycles. The van der Waals surface area contributed by atoms with Crippen molar-refractivity contribution in [2.24, 2.45) is 5.92 Å². The Balaban J connectivity index is 2.24. The molecule has 0 saturated carbocycles. The summed E-state index contributed by atoms with van der Waals surface area (Å²) in [5.41, 5.74) is 0.315. The van der Waals surface area contributed by atoms with Crippen LogP contribution in [0.5, 0.6) is 0 Å². The summed E-state index contributed by atoms with van der Waals surface area (Å²) in [5, 5.41) is 11.3. The van der Waals surface area contributed by atoms with Crippen molar-refractivity contribution in [3.63, 3.8) is 0 Å². The maximum atomic E-state index is 11.6. The van der Waals surface area contributed by atoms with E-state index in [-0.39, 0.29) is 23.5 Å². The monoisotopic (exact) mass is 273 g/mol. The average molecular weight is 274 g/mol. The van der Waals surface area contributed by atoms with E-state index in [1.807, 2.05) is 6.92 Å². The zero-order chi connectivity index (χ0) is 13.5. The summed E-state index contributed by atoms with van der Waals surface area (Å²) in [4.78, 5) is 22.0. The van der Waals surface area contributed by atoms with Gasteiger partial charge in [0.1, 0.15) is 0 Å². The summed E-state index contributed by atoms with van der Waals surface area (Å²) in [6.07, 6.45) is 2.85. The molecule has 5 nitrogen and oxygen atoms in total. The summed E-state index contributed by atoms with van der Waals surface area (Å²) in [6.45, 7) is 2.45. The highest BCUT2D eigenvalue weighted by Crippen LogP contribution is 2.16. The molecule has 0 aromatic carbocycles. The number of carbonyl (C=O) groups excluding carboxylic acids is 1. The molecule has 1 aromatic rings. The average Bonchev–Trinajstić information content (AvgIpc) is 2.72. The third-order valence-electron chi connectivity index (χ3n) is 2.64. The van der Waals surface area contributed by atoms with E-state index in [1.54, 1.807) is 0 Å². The van der Waals surface area contributed by atoms with Crippen LogP contribution in [-0.4, -0.2) is 23.5 Å². The van der Waals surface area contributed by atoms with Gasteiger partial charge in [0.15, 0.2) is 0 Å². The number of amides is 1. The lowest BCUT2D eigenvalue weighted by Crippen LogP contribution is -2.25. The van der Waals surface area contributed by atoms with Crippen LogP contribution in [0.2, 0.25) is 5.22 Å². The standard InChI is InChI=1S/C12H16ClNO4/c1-8(2-3-10(15)16)4-6-14-12(17)9-5-7-18-11(9)13/h5,7-8H,2-4,6H2,1H3,(H,14,17)(H,15,16). The normalized spacial score (nSPS) is 12.1. The summed E-state index contributed by atoms with van der Waals surface area (Å²) < 4.78 is 4.82. The first kappa shape index (κ1) is 14.6. The van der Waals surface area contributed by atoms with Crippen molar-refractivity contribution in [3.05, 3.63) is 23.1 Å². The van der Waals surface area contributed by atoms with Crippen molar-refractivity contribution in [1.82, 2.24) is 5.32 Å². The number of carboxylic acids is 1. The number of aliphatic carboxylic acids is 1. The predicted molar refractivity (Wildman–Crippen MR) is 66.7 cm³/mol. The Labute approximate surface area is 110 Å². The van der Waals surface area contributed by atoms with Crippen LogP contribution < -0.4 is 5.32 Å². The fourth-order valence-corrected chi connectivity index (χ4v) is 1.70. The minimum absolute atomic E-state index is 0.0754. The van der Waals surface area contributed by atoms with Gasteiger partial charge in [-0.15, -0.1) is 0 Å². The molecule has 0 radical (unpaired) electrons. The Morgan fingerprint density at radius 2 is 2.22 bits per heavy atom. The van der Waals surface area contributed by atoms with Crippen LogP contribution in [0, 0.1) is 5.92 Å². The van der Waals surface area contributed by atoms with Crippen LogP contribution in [0.1, 0.15) is 36.5 Å². The Morgan fingerprint density at radius 1 is 1.50 bits per heavy atom. The van der Waals surface area contributed by atoms with E-state index < -0.39 is 5.97 Å². The molecule has 0 bridgehead atoms. The van der Waals surface area contributed by atoms with Gasteiger partial charge in [-0.25, -0.2) is 0 Å². The molecule has 6 heteroatoms. The molecule has 1 amide bonds. The summed E-state index contributed by atoms with van der Waals surface area (Å²) in [6, 6.07) is 1.51. The van der Waals surface area contributed by atoms with E-state index in [0.717, 1.165) is 6.42 Å². The number of hydrogen-bond acceptors (Lipinski definition) is 3. The largest absolute Gasteiger partial charge is 0.481 e. The maximum Gasteiger partial charge on any atom is 0.303 e. The Morgan fingerprint density at radius 3 is 2.78 bits per heavy atom. The lowest BCUT2D eigenvalue weighted by atomic mass is 10.0. The molecule has 0 aliphatic rings. The molecule has 18 heavy (non-hydrogen) atoms. The molecule has 100 valence electrons. The third-order valence-corrected chi connectivity index (χ3v) is 2.93. The number of rotatable bonds is 7. The van der Waals surface area contributed by atoms with Gasteiger partial charge in [0, 0.05) is 13.0 Å². The van der Waals surface area contributed by atoms with Crippen LogP contribution in [0.3, 0.4) is 0 Å². The van der Waals surface area contributed by atoms with E-state index in [1.165, 1.54) is 12.3 Å². The molecular formula is C12H16ClNO4. The van der Waals surface area contributed by atoms with Crippen molar-refractivity contribution >= 4 is 23.5 Å². The fraction of sp³-hybridized carbons (Fsp3) is 0.500. The number of hydrogen-bond donors (Lipinski definition) is 2. The number of carboxylic acid groups (broad SMARTS) is 1. The van der Waals surface area contributed by atoms with E-state index in [2.05, 4.69) is 5.32 Å². The van der Waals surface area contributed by atoms with E-state index in [4.69, 9.17) is 21.1 Å². The topological polar surface area (TPSA) is 79.5 Å². The number of nitrogens with one attached hydrogen (secondary N) is 1. The molecule has 1 atom stereocenters. The van der Waals surface area contributed by atoms with Gasteiger partial charge >= 0.3 is 5.97 Å². The van der Waals surface area contributed by atoms with Gasteiger partial charge in [-0.05, 0) is 36.4 Å². The molecule has 1 rings (SSSR count).